The second-order valence-corrected chi connectivity index (χ2v) is 4.16. The minimum absolute atomic E-state index is 0. The lowest BCUT2D eigenvalue weighted by molar-refractivity contribution is 0.468. The number of aromatic hydroxyl groups is 1. The molecule has 0 aliphatic heterocycles. The van der Waals surface area contributed by atoms with Crippen molar-refractivity contribution in [2.45, 2.75) is 6.42 Å². The van der Waals surface area contributed by atoms with Gasteiger partial charge in [-0.2, -0.15) is 0 Å². The summed E-state index contributed by atoms with van der Waals surface area (Å²) in [5.41, 5.74) is 6.51. The van der Waals surface area contributed by atoms with Gasteiger partial charge in [0.2, 0.25) is 0 Å². The summed E-state index contributed by atoms with van der Waals surface area (Å²) in [7, 11) is 0. The monoisotopic (exact) mass is 373 g/mol. The molecule has 0 atom stereocenters. The molecule has 0 radical (unpaired) electrons. The van der Waals surface area contributed by atoms with Gasteiger partial charge in [-0.05, 0) is 62.5 Å². The summed E-state index contributed by atoms with van der Waals surface area (Å²) in [5, 5.41) is 9.37. The Hall–Kier alpha value is 0.420. The number of phenolic OH excluding ortho intramolecular Hbond substituents is 1. The normalized spacial score (nSPS) is 9.46. The molecule has 3 N–H and O–H groups in total. The van der Waals surface area contributed by atoms with Crippen molar-refractivity contribution in [3.05, 3.63) is 26.6 Å². The maximum Gasteiger partial charge on any atom is 0.143 e. The summed E-state index contributed by atoms with van der Waals surface area (Å²) in [6.45, 7) is 0.615. The lowest BCUT2D eigenvalue weighted by Crippen LogP contribution is -2.02. The Balaban J connectivity index is 0.00000144. The number of halogens is 3. The van der Waals surface area contributed by atoms with E-state index in [0.29, 0.717) is 15.5 Å². The number of nitrogens with two attached hydrogens (primary N) is 1. The highest BCUT2D eigenvalue weighted by Gasteiger charge is 2.04. The van der Waals surface area contributed by atoms with Crippen LogP contribution in [0, 0.1) is 0 Å². The molecule has 2 nitrogen and oxygen atoms in total. The Bertz CT molecular complexity index is 268. The van der Waals surface area contributed by atoms with Crippen LogP contribution in [0.4, 0.5) is 0 Å². The number of benzene rings is 1. The van der Waals surface area contributed by atoms with Crippen LogP contribution in [0.5, 0.6) is 5.75 Å². The van der Waals surface area contributed by atoms with Crippen molar-refractivity contribution in [3.8, 4) is 5.75 Å². The Morgan fingerprint density at radius 1 is 1.23 bits per heavy atom. The molecule has 1 aromatic rings. The minimum Gasteiger partial charge on any atom is -0.506 e. The molecule has 74 valence electrons. The third-order valence-corrected chi connectivity index (χ3v) is 2.72. The molecule has 0 unspecified atom stereocenters. The lowest BCUT2D eigenvalue weighted by Gasteiger charge is -2.04. The van der Waals surface area contributed by atoms with Gasteiger partial charge in [-0.3, -0.25) is 0 Å². The van der Waals surface area contributed by atoms with E-state index >= 15 is 0 Å². The van der Waals surface area contributed by atoms with E-state index in [-0.39, 0.29) is 22.7 Å². The Labute approximate surface area is 105 Å². The highest BCUT2D eigenvalue weighted by Crippen LogP contribution is 2.33. The summed E-state index contributed by atoms with van der Waals surface area (Å²) in [6.07, 6.45) is 0.817. The first-order chi connectivity index (χ1) is 5.65. The maximum atomic E-state index is 9.37. The van der Waals surface area contributed by atoms with Crippen LogP contribution < -0.4 is 5.73 Å². The maximum absolute atomic E-state index is 9.37. The van der Waals surface area contributed by atoms with E-state index in [9.17, 15) is 5.11 Å². The fourth-order valence-corrected chi connectivity index (χ4v) is 2.21. The van der Waals surface area contributed by atoms with E-state index in [1.165, 1.54) is 0 Å². The quantitative estimate of drug-likeness (QED) is 0.834. The van der Waals surface area contributed by atoms with E-state index in [1.807, 2.05) is 12.1 Å². The van der Waals surface area contributed by atoms with Gasteiger partial charge in [-0.1, -0.05) is 0 Å². The number of phenols is 1. The van der Waals surface area contributed by atoms with Crippen molar-refractivity contribution in [1.29, 1.82) is 0 Å². The van der Waals surface area contributed by atoms with Crippen molar-refractivity contribution in [2.24, 2.45) is 5.73 Å². The Morgan fingerprint density at radius 3 is 2.08 bits per heavy atom. The molecular formula is C8H10Br3NO. The van der Waals surface area contributed by atoms with Crippen molar-refractivity contribution < 1.29 is 5.11 Å². The minimum atomic E-state index is 0. The van der Waals surface area contributed by atoms with Gasteiger partial charge in [-0.15, -0.1) is 17.0 Å². The molecule has 0 heterocycles. The molecule has 1 rings (SSSR count). The molecule has 0 amide bonds. The largest absolute Gasteiger partial charge is 0.506 e. The zero-order valence-corrected chi connectivity index (χ0v) is 11.6. The average Bonchev–Trinajstić information content (AvgIpc) is 2.01. The summed E-state index contributed by atoms with van der Waals surface area (Å²) in [5.74, 6) is 0.232. The van der Waals surface area contributed by atoms with Crippen molar-refractivity contribution in [3.63, 3.8) is 0 Å². The zero-order chi connectivity index (χ0) is 9.14. The first-order valence-electron chi connectivity index (χ1n) is 3.52. The SMILES string of the molecule is Br.NCCc1cc(Br)c(O)c(Br)c1. The molecular weight excluding hydrogens is 366 g/mol. The highest BCUT2D eigenvalue weighted by atomic mass is 79.9. The Kier molecular flexibility index (Phi) is 6.20. The molecule has 0 aliphatic rings. The summed E-state index contributed by atoms with van der Waals surface area (Å²) in [4.78, 5) is 0. The van der Waals surface area contributed by atoms with Crippen molar-refractivity contribution >= 4 is 48.8 Å². The standard InChI is InChI=1S/C8H9Br2NO.BrH/c9-6-3-5(1-2-11)4-7(10)8(6)12;/h3-4,12H,1-2,11H2;1H. The molecule has 1 aromatic carbocycles. The zero-order valence-electron chi connectivity index (χ0n) is 6.76. The van der Waals surface area contributed by atoms with Gasteiger partial charge in [0.15, 0.2) is 0 Å². The molecule has 0 spiro atoms. The van der Waals surface area contributed by atoms with Crippen molar-refractivity contribution in [1.82, 2.24) is 0 Å². The molecule has 0 saturated heterocycles. The van der Waals surface area contributed by atoms with E-state index < -0.39 is 0 Å². The fraction of sp³-hybridized carbons (Fsp3) is 0.250. The van der Waals surface area contributed by atoms with Crippen LogP contribution in [-0.2, 0) is 6.42 Å². The van der Waals surface area contributed by atoms with E-state index in [4.69, 9.17) is 5.73 Å². The second kappa shape index (κ2) is 6.01. The van der Waals surface area contributed by atoms with Crippen LogP contribution in [0.3, 0.4) is 0 Å². The van der Waals surface area contributed by atoms with Crippen LogP contribution in [0.1, 0.15) is 5.56 Å². The van der Waals surface area contributed by atoms with Gasteiger partial charge in [0.05, 0.1) is 8.95 Å². The van der Waals surface area contributed by atoms with Gasteiger partial charge in [0, 0.05) is 0 Å². The molecule has 0 aliphatic carbocycles. The van der Waals surface area contributed by atoms with Crippen LogP contribution in [0.15, 0.2) is 21.1 Å². The average molecular weight is 376 g/mol. The molecule has 13 heavy (non-hydrogen) atoms. The van der Waals surface area contributed by atoms with Gasteiger partial charge in [-0.25, -0.2) is 0 Å². The predicted molar refractivity (Wildman–Crippen MR) is 66.6 cm³/mol. The molecule has 0 aromatic heterocycles. The van der Waals surface area contributed by atoms with Crippen LogP contribution in [0.2, 0.25) is 0 Å². The van der Waals surface area contributed by atoms with E-state index in [0.717, 1.165) is 12.0 Å². The number of hydrogen-bond donors (Lipinski definition) is 2. The van der Waals surface area contributed by atoms with Gasteiger partial charge < -0.3 is 10.8 Å². The van der Waals surface area contributed by atoms with E-state index in [1.54, 1.807) is 0 Å². The first kappa shape index (κ1) is 13.4. The predicted octanol–water partition coefficient (Wildman–Crippen LogP) is 3.00. The van der Waals surface area contributed by atoms with Gasteiger partial charge in [0.25, 0.3) is 0 Å². The summed E-state index contributed by atoms with van der Waals surface area (Å²) in [6, 6.07) is 3.74. The van der Waals surface area contributed by atoms with Crippen LogP contribution in [-0.4, -0.2) is 11.7 Å². The first-order valence-corrected chi connectivity index (χ1v) is 5.10. The fourth-order valence-electron chi connectivity index (χ4n) is 0.929. The third kappa shape index (κ3) is 3.58. The molecule has 0 saturated carbocycles. The third-order valence-electron chi connectivity index (χ3n) is 1.51. The number of hydrogen-bond acceptors (Lipinski definition) is 2. The summed E-state index contributed by atoms with van der Waals surface area (Å²) >= 11 is 6.49. The Morgan fingerprint density at radius 2 is 1.69 bits per heavy atom. The number of rotatable bonds is 2. The molecule has 0 bridgehead atoms. The van der Waals surface area contributed by atoms with Gasteiger partial charge in [0.1, 0.15) is 5.75 Å². The smallest absolute Gasteiger partial charge is 0.143 e. The topological polar surface area (TPSA) is 46.2 Å². The van der Waals surface area contributed by atoms with Crippen molar-refractivity contribution in [2.75, 3.05) is 6.54 Å². The van der Waals surface area contributed by atoms with Crippen LogP contribution >= 0.6 is 48.8 Å². The van der Waals surface area contributed by atoms with Crippen LogP contribution in [0.25, 0.3) is 0 Å². The van der Waals surface area contributed by atoms with E-state index in [2.05, 4.69) is 31.9 Å². The second-order valence-electron chi connectivity index (χ2n) is 2.45. The molecule has 0 fully saturated rings. The lowest BCUT2D eigenvalue weighted by atomic mass is 10.1. The molecule has 5 heteroatoms. The highest BCUT2D eigenvalue weighted by molar-refractivity contribution is 9.11. The van der Waals surface area contributed by atoms with Gasteiger partial charge >= 0.3 is 0 Å². The summed E-state index contributed by atoms with van der Waals surface area (Å²) < 4.78 is 1.39.